The number of nitro groups is 1. The van der Waals surface area contributed by atoms with Gasteiger partial charge in [0.15, 0.2) is 0 Å². The zero-order valence-electron chi connectivity index (χ0n) is 10.6. The maximum atomic E-state index is 11.8. The molecule has 0 aliphatic carbocycles. The molecular weight excluding hydrogens is 270 g/mol. The lowest BCUT2D eigenvalue weighted by molar-refractivity contribution is -0.383. The summed E-state index contributed by atoms with van der Waals surface area (Å²) in [7, 11) is 0. The van der Waals surface area contributed by atoms with Gasteiger partial charge in [0, 0.05) is 11.1 Å². The highest BCUT2D eigenvalue weighted by molar-refractivity contribution is 6.31. The number of unbranched alkanes of at least 4 members (excludes halogenated alkanes) is 1. The lowest BCUT2D eigenvalue weighted by atomic mass is 10.1. The van der Waals surface area contributed by atoms with E-state index in [1.165, 1.54) is 18.2 Å². The van der Waals surface area contributed by atoms with Gasteiger partial charge in [-0.2, -0.15) is 0 Å². The van der Waals surface area contributed by atoms with Crippen molar-refractivity contribution in [1.29, 1.82) is 0 Å². The minimum absolute atomic E-state index is 0.0643. The Kier molecular flexibility index (Phi) is 5.72. The number of nitrogens with one attached hydrogen (secondary N) is 1. The van der Waals surface area contributed by atoms with Crippen molar-refractivity contribution in [2.45, 2.75) is 32.2 Å². The summed E-state index contributed by atoms with van der Waals surface area (Å²) in [5.74, 6) is -0.446. The van der Waals surface area contributed by atoms with Gasteiger partial charge in [-0.05, 0) is 18.6 Å². The van der Waals surface area contributed by atoms with Crippen LogP contribution in [0.15, 0.2) is 18.2 Å². The van der Waals surface area contributed by atoms with E-state index < -0.39 is 16.9 Å². The van der Waals surface area contributed by atoms with Gasteiger partial charge >= 0.3 is 0 Å². The average Bonchev–Trinajstić information content (AvgIpc) is 2.35. The van der Waals surface area contributed by atoms with Crippen LogP contribution in [0, 0.1) is 10.1 Å². The van der Waals surface area contributed by atoms with Crippen LogP contribution < -0.4 is 11.1 Å². The van der Waals surface area contributed by atoms with E-state index in [1.807, 2.05) is 6.92 Å². The van der Waals surface area contributed by atoms with Crippen molar-refractivity contribution in [2.24, 2.45) is 5.73 Å². The molecule has 0 radical (unpaired) electrons. The molecule has 7 heteroatoms. The Labute approximate surface area is 116 Å². The van der Waals surface area contributed by atoms with Crippen molar-refractivity contribution in [3.05, 3.63) is 33.3 Å². The number of nitrogens with two attached hydrogens (primary N) is 1. The van der Waals surface area contributed by atoms with E-state index in [0.29, 0.717) is 11.4 Å². The van der Waals surface area contributed by atoms with Gasteiger partial charge in [-0.15, -0.1) is 0 Å². The molecule has 1 aromatic rings. The summed E-state index contributed by atoms with van der Waals surface area (Å²) in [4.78, 5) is 22.1. The molecule has 104 valence electrons. The number of hydrogen-bond donors (Lipinski definition) is 2. The van der Waals surface area contributed by atoms with Gasteiger partial charge in [0.2, 0.25) is 5.91 Å². The maximum Gasteiger partial charge on any atom is 0.292 e. The van der Waals surface area contributed by atoms with Crippen LogP contribution in [-0.2, 0) is 4.79 Å². The number of amides is 1. The average molecular weight is 286 g/mol. The van der Waals surface area contributed by atoms with Gasteiger partial charge in [0.1, 0.15) is 5.69 Å². The number of hydrogen-bond acceptors (Lipinski definition) is 4. The van der Waals surface area contributed by atoms with Crippen molar-refractivity contribution in [2.75, 3.05) is 5.32 Å². The molecule has 0 aromatic heterocycles. The van der Waals surface area contributed by atoms with Crippen molar-refractivity contribution in [3.8, 4) is 0 Å². The monoisotopic (exact) mass is 285 g/mol. The number of benzene rings is 1. The number of nitro benzene ring substituents is 1. The first-order valence-electron chi connectivity index (χ1n) is 5.96. The zero-order chi connectivity index (χ0) is 14.4. The van der Waals surface area contributed by atoms with Crippen molar-refractivity contribution < 1.29 is 9.72 Å². The van der Waals surface area contributed by atoms with Crippen LogP contribution in [-0.4, -0.2) is 16.9 Å². The normalized spacial score (nSPS) is 11.9. The lowest BCUT2D eigenvalue weighted by Crippen LogP contribution is -2.35. The Balaban J connectivity index is 2.83. The number of carbonyl (C=O) groups excluding carboxylic acids is 1. The molecule has 0 saturated heterocycles. The van der Waals surface area contributed by atoms with Gasteiger partial charge in [0.05, 0.1) is 11.0 Å². The summed E-state index contributed by atoms with van der Waals surface area (Å²) >= 11 is 5.76. The Morgan fingerprint density at radius 3 is 2.84 bits per heavy atom. The fourth-order valence-electron chi connectivity index (χ4n) is 1.55. The Morgan fingerprint density at radius 1 is 1.58 bits per heavy atom. The van der Waals surface area contributed by atoms with E-state index in [0.717, 1.165) is 12.8 Å². The van der Waals surface area contributed by atoms with Crippen LogP contribution in [0.5, 0.6) is 0 Å². The molecule has 0 bridgehead atoms. The van der Waals surface area contributed by atoms with Gasteiger partial charge in [-0.1, -0.05) is 31.4 Å². The van der Waals surface area contributed by atoms with Crippen LogP contribution >= 0.6 is 11.6 Å². The zero-order valence-corrected chi connectivity index (χ0v) is 11.3. The second-order valence-corrected chi connectivity index (χ2v) is 4.59. The van der Waals surface area contributed by atoms with Gasteiger partial charge in [-0.3, -0.25) is 14.9 Å². The smallest absolute Gasteiger partial charge is 0.292 e. The molecule has 1 rings (SSSR count). The van der Waals surface area contributed by atoms with Gasteiger partial charge in [-0.25, -0.2) is 0 Å². The number of carbonyl (C=O) groups is 1. The Morgan fingerprint density at radius 2 is 2.26 bits per heavy atom. The molecule has 1 amide bonds. The quantitative estimate of drug-likeness (QED) is 0.620. The van der Waals surface area contributed by atoms with Crippen LogP contribution in [0.2, 0.25) is 5.02 Å². The molecule has 1 atom stereocenters. The number of halogens is 1. The molecule has 1 aromatic carbocycles. The van der Waals surface area contributed by atoms with E-state index in [9.17, 15) is 14.9 Å². The fraction of sp³-hybridized carbons (Fsp3) is 0.417. The fourth-order valence-corrected chi connectivity index (χ4v) is 1.72. The Hall–Kier alpha value is -1.66. The largest absolute Gasteiger partial charge is 0.320 e. The summed E-state index contributed by atoms with van der Waals surface area (Å²) in [5.41, 5.74) is 5.56. The van der Waals surface area contributed by atoms with E-state index in [2.05, 4.69) is 5.32 Å². The highest BCUT2D eigenvalue weighted by Crippen LogP contribution is 2.27. The summed E-state index contributed by atoms with van der Waals surface area (Å²) in [5, 5.41) is 13.6. The van der Waals surface area contributed by atoms with Crippen LogP contribution in [0.3, 0.4) is 0 Å². The highest BCUT2D eigenvalue weighted by atomic mass is 35.5. The molecule has 0 aliphatic rings. The van der Waals surface area contributed by atoms with E-state index in [-0.39, 0.29) is 11.4 Å². The van der Waals surface area contributed by atoms with Crippen molar-refractivity contribution in [1.82, 2.24) is 0 Å². The first-order chi connectivity index (χ1) is 8.95. The summed E-state index contributed by atoms with van der Waals surface area (Å²) in [6.45, 7) is 1.99. The predicted molar refractivity (Wildman–Crippen MR) is 74.2 cm³/mol. The second-order valence-electron chi connectivity index (χ2n) is 4.16. The van der Waals surface area contributed by atoms with Gasteiger partial charge in [0.25, 0.3) is 5.69 Å². The SMILES string of the molecule is CCCC[C@H](N)C(=O)Nc1cc(Cl)ccc1[N+](=O)[O-]. The molecule has 0 spiro atoms. The minimum atomic E-state index is -0.682. The summed E-state index contributed by atoms with van der Waals surface area (Å²) < 4.78 is 0. The first-order valence-corrected chi connectivity index (χ1v) is 6.34. The standard InChI is InChI=1S/C12H16ClN3O3/c1-2-3-4-9(14)12(17)15-10-7-8(13)5-6-11(10)16(18)19/h5-7,9H,2-4,14H2,1H3,(H,15,17)/t9-/m0/s1. The van der Waals surface area contributed by atoms with Crippen molar-refractivity contribution >= 4 is 28.9 Å². The van der Waals surface area contributed by atoms with Crippen molar-refractivity contribution in [3.63, 3.8) is 0 Å². The van der Waals surface area contributed by atoms with Crippen LogP contribution in [0.4, 0.5) is 11.4 Å². The maximum absolute atomic E-state index is 11.8. The molecule has 0 saturated carbocycles. The molecule has 0 heterocycles. The van der Waals surface area contributed by atoms with E-state index in [4.69, 9.17) is 17.3 Å². The highest BCUT2D eigenvalue weighted by Gasteiger charge is 2.19. The Bertz CT molecular complexity index is 479. The molecule has 0 fully saturated rings. The second kappa shape index (κ2) is 7.06. The minimum Gasteiger partial charge on any atom is -0.320 e. The van der Waals surface area contributed by atoms with Crippen LogP contribution in [0.1, 0.15) is 26.2 Å². The third-order valence-electron chi connectivity index (χ3n) is 2.62. The summed E-state index contributed by atoms with van der Waals surface area (Å²) in [6, 6.07) is 3.30. The first kappa shape index (κ1) is 15.4. The molecule has 19 heavy (non-hydrogen) atoms. The topological polar surface area (TPSA) is 98.3 Å². The number of anilines is 1. The molecule has 0 aliphatic heterocycles. The third-order valence-corrected chi connectivity index (χ3v) is 2.85. The molecule has 0 unspecified atom stereocenters. The predicted octanol–water partition coefficient (Wildman–Crippen LogP) is 2.70. The number of rotatable bonds is 6. The van der Waals surface area contributed by atoms with E-state index >= 15 is 0 Å². The third kappa shape index (κ3) is 4.50. The van der Waals surface area contributed by atoms with Gasteiger partial charge < -0.3 is 11.1 Å². The number of nitrogens with zero attached hydrogens (tertiary/aromatic N) is 1. The van der Waals surface area contributed by atoms with E-state index in [1.54, 1.807) is 0 Å². The lowest BCUT2D eigenvalue weighted by Gasteiger charge is -2.12. The van der Waals surface area contributed by atoms with Crippen LogP contribution in [0.25, 0.3) is 0 Å². The molecule has 3 N–H and O–H groups in total. The molecular formula is C12H16ClN3O3. The molecule has 6 nitrogen and oxygen atoms in total. The summed E-state index contributed by atoms with van der Waals surface area (Å²) in [6.07, 6.45) is 2.29.